The highest BCUT2D eigenvalue weighted by molar-refractivity contribution is 9.10. The monoisotopic (exact) mass is 315 g/mol. The van der Waals surface area contributed by atoms with Crippen molar-refractivity contribution in [3.63, 3.8) is 0 Å². The summed E-state index contributed by atoms with van der Waals surface area (Å²) in [4.78, 5) is 11.0. The maximum atomic E-state index is 13.5. The third-order valence-corrected chi connectivity index (χ3v) is 2.87. The predicted molar refractivity (Wildman–Crippen MR) is 64.6 cm³/mol. The molecule has 0 spiro atoms. The van der Waals surface area contributed by atoms with Gasteiger partial charge in [-0.15, -0.1) is 0 Å². The summed E-state index contributed by atoms with van der Waals surface area (Å²) in [5, 5.41) is 8.98. The minimum Gasteiger partial charge on any atom is -0.477 e. The van der Waals surface area contributed by atoms with E-state index in [-0.39, 0.29) is 17.8 Å². The summed E-state index contributed by atoms with van der Waals surface area (Å²) in [6.45, 7) is 0.0271. The van der Waals surface area contributed by atoms with Gasteiger partial charge in [-0.2, -0.15) is 0 Å². The number of rotatable bonds is 3. The van der Waals surface area contributed by atoms with Crippen LogP contribution < -0.4 is 0 Å². The van der Waals surface area contributed by atoms with E-state index in [1.54, 1.807) is 0 Å². The van der Waals surface area contributed by atoms with Gasteiger partial charge < -0.3 is 9.67 Å². The number of hydrogen-bond acceptors (Lipinski definition) is 1. The molecule has 1 aromatic carbocycles. The van der Waals surface area contributed by atoms with E-state index in [0.29, 0.717) is 4.47 Å². The molecule has 1 aromatic heterocycles. The second-order valence-electron chi connectivity index (χ2n) is 3.71. The Morgan fingerprint density at radius 3 is 2.67 bits per heavy atom. The van der Waals surface area contributed by atoms with Crippen molar-refractivity contribution in [2.24, 2.45) is 0 Å². The molecule has 1 heterocycles. The van der Waals surface area contributed by atoms with E-state index in [9.17, 15) is 13.6 Å². The average molecular weight is 316 g/mol. The first kappa shape index (κ1) is 12.8. The lowest BCUT2D eigenvalue weighted by Gasteiger charge is -2.07. The van der Waals surface area contributed by atoms with Gasteiger partial charge in [0.25, 0.3) is 0 Å². The third-order valence-electron chi connectivity index (χ3n) is 2.44. The van der Waals surface area contributed by atoms with Gasteiger partial charge in [0.2, 0.25) is 0 Å². The Balaban J connectivity index is 2.36. The number of carbonyl (C=O) groups is 1. The van der Waals surface area contributed by atoms with Crippen LogP contribution in [0.5, 0.6) is 0 Å². The summed E-state index contributed by atoms with van der Waals surface area (Å²) in [5.41, 5.74) is 0.257. The lowest BCUT2D eigenvalue weighted by atomic mass is 10.2. The van der Waals surface area contributed by atoms with E-state index in [1.807, 2.05) is 0 Å². The normalized spacial score (nSPS) is 10.6. The van der Waals surface area contributed by atoms with Crippen LogP contribution in [0.15, 0.2) is 34.9 Å². The number of carboxylic acids is 1. The minimum absolute atomic E-state index is 0.0271. The largest absolute Gasteiger partial charge is 0.477 e. The lowest BCUT2D eigenvalue weighted by Crippen LogP contribution is -2.09. The van der Waals surface area contributed by atoms with Gasteiger partial charge in [-0.3, -0.25) is 0 Å². The van der Waals surface area contributed by atoms with Crippen LogP contribution in [0.1, 0.15) is 16.1 Å². The highest BCUT2D eigenvalue weighted by Gasteiger charge is 2.13. The maximum Gasteiger partial charge on any atom is 0.352 e. The topological polar surface area (TPSA) is 42.2 Å². The molecule has 0 aliphatic rings. The number of hydrogen-bond donors (Lipinski definition) is 1. The molecule has 2 rings (SSSR count). The second kappa shape index (κ2) is 4.89. The number of aromatic carboxylic acids is 1. The third kappa shape index (κ3) is 2.59. The Hall–Kier alpha value is -1.69. The molecule has 0 atom stereocenters. The smallest absolute Gasteiger partial charge is 0.352 e. The highest BCUT2D eigenvalue weighted by Crippen LogP contribution is 2.18. The predicted octanol–water partition coefficient (Wildman–Crippen LogP) is 3.28. The van der Waals surface area contributed by atoms with Gasteiger partial charge in [-0.25, -0.2) is 13.6 Å². The molecule has 0 bridgehead atoms. The van der Waals surface area contributed by atoms with Crippen LogP contribution >= 0.6 is 15.9 Å². The lowest BCUT2D eigenvalue weighted by molar-refractivity contribution is 0.0685. The molecule has 0 unspecified atom stereocenters. The number of nitrogens with zero attached hydrogens (tertiary/aromatic N) is 1. The van der Waals surface area contributed by atoms with Crippen molar-refractivity contribution >= 4 is 21.9 Å². The number of carboxylic acid groups (broad SMARTS) is 1. The molecule has 0 aliphatic heterocycles. The van der Waals surface area contributed by atoms with Crippen LogP contribution in [0.4, 0.5) is 8.78 Å². The van der Waals surface area contributed by atoms with Gasteiger partial charge in [-0.05, 0) is 28.1 Å². The van der Waals surface area contributed by atoms with Gasteiger partial charge in [0.05, 0.1) is 6.54 Å². The molecule has 1 N–H and O–H groups in total. The second-order valence-corrected chi connectivity index (χ2v) is 4.63. The van der Waals surface area contributed by atoms with Gasteiger partial charge in [0.15, 0.2) is 0 Å². The Kier molecular flexibility index (Phi) is 3.47. The van der Waals surface area contributed by atoms with E-state index in [0.717, 1.165) is 12.1 Å². The van der Waals surface area contributed by atoms with Crippen LogP contribution in [0.3, 0.4) is 0 Å². The highest BCUT2D eigenvalue weighted by atomic mass is 79.9. The summed E-state index contributed by atoms with van der Waals surface area (Å²) in [6.07, 6.45) is 1.53. The Morgan fingerprint density at radius 2 is 2.06 bits per heavy atom. The molecule has 0 saturated carbocycles. The molecular formula is C12H8BrF2NO2. The van der Waals surface area contributed by atoms with Crippen LogP contribution in [-0.2, 0) is 6.54 Å². The van der Waals surface area contributed by atoms with Crippen molar-refractivity contribution in [3.8, 4) is 0 Å². The summed E-state index contributed by atoms with van der Waals surface area (Å²) >= 11 is 3.16. The van der Waals surface area contributed by atoms with E-state index in [1.165, 1.54) is 22.9 Å². The number of benzene rings is 1. The van der Waals surface area contributed by atoms with E-state index in [2.05, 4.69) is 15.9 Å². The number of aromatic nitrogens is 1. The van der Waals surface area contributed by atoms with Crippen LogP contribution in [-0.4, -0.2) is 15.6 Å². The van der Waals surface area contributed by atoms with Gasteiger partial charge in [0.1, 0.15) is 17.3 Å². The van der Waals surface area contributed by atoms with E-state index < -0.39 is 17.6 Å². The molecule has 18 heavy (non-hydrogen) atoms. The standard InChI is InChI=1S/C12H8BrF2NO2/c13-8-3-11(12(17)18)16(6-8)5-7-1-2-9(14)4-10(7)15/h1-4,6H,5H2,(H,17,18). The van der Waals surface area contributed by atoms with Crippen LogP contribution in [0.2, 0.25) is 0 Å². The number of halogens is 3. The fraction of sp³-hybridized carbons (Fsp3) is 0.0833. The maximum absolute atomic E-state index is 13.5. The molecule has 94 valence electrons. The zero-order valence-corrected chi connectivity index (χ0v) is 10.6. The van der Waals surface area contributed by atoms with E-state index in [4.69, 9.17) is 5.11 Å². The molecule has 0 radical (unpaired) electrons. The van der Waals surface area contributed by atoms with Crippen LogP contribution in [0, 0.1) is 11.6 Å². The van der Waals surface area contributed by atoms with Gasteiger partial charge >= 0.3 is 5.97 Å². The molecule has 2 aromatic rings. The van der Waals surface area contributed by atoms with Crippen molar-refractivity contribution in [3.05, 3.63) is 57.8 Å². The molecule has 0 saturated heterocycles. The molecule has 3 nitrogen and oxygen atoms in total. The summed E-state index contributed by atoms with van der Waals surface area (Å²) in [5.74, 6) is -2.47. The summed E-state index contributed by atoms with van der Waals surface area (Å²) in [7, 11) is 0. The molecular weight excluding hydrogens is 308 g/mol. The fourth-order valence-corrected chi connectivity index (χ4v) is 2.08. The average Bonchev–Trinajstić information content (AvgIpc) is 2.64. The molecule has 0 fully saturated rings. The van der Waals surface area contributed by atoms with Crippen molar-refractivity contribution in [2.45, 2.75) is 6.54 Å². The first-order valence-corrected chi connectivity index (χ1v) is 5.79. The molecule has 6 heteroatoms. The molecule has 0 amide bonds. The first-order chi connectivity index (χ1) is 8.47. The Morgan fingerprint density at radius 1 is 1.33 bits per heavy atom. The first-order valence-electron chi connectivity index (χ1n) is 5.00. The van der Waals surface area contributed by atoms with Gasteiger partial charge in [-0.1, -0.05) is 6.07 Å². The van der Waals surface area contributed by atoms with Crippen molar-refractivity contribution in [2.75, 3.05) is 0 Å². The summed E-state index contributed by atoms with van der Waals surface area (Å²) in [6, 6.07) is 4.62. The van der Waals surface area contributed by atoms with E-state index >= 15 is 0 Å². The zero-order valence-electron chi connectivity index (χ0n) is 9.03. The van der Waals surface area contributed by atoms with Gasteiger partial charge in [0, 0.05) is 22.3 Å². The van der Waals surface area contributed by atoms with Crippen molar-refractivity contribution < 1.29 is 18.7 Å². The minimum atomic E-state index is -1.11. The Labute approximate surface area is 110 Å². The zero-order chi connectivity index (χ0) is 13.3. The summed E-state index contributed by atoms with van der Waals surface area (Å²) < 4.78 is 28.2. The fourth-order valence-electron chi connectivity index (χ4n) is 1.62. The Bertz CT molecular complexity index is 610. The quantitative estimate of drug-likeness (QED) is 0.944. The van der Waals surface area contributed by atoms with Crippen molar-refractivity contribution in [1.82, 2.24) is 4.57 Å². The van der Waals surface area contributed by atoms with Crippen molar-refractivity contribution in [1.29, 1.82) is 0 Å². The SMILES string of the molecule is O=C(O)c1cc(Br)cn1Cc1ccc(F)cc1F. The molecule has 0 aliphatic carbocycles. The van der Waals surface area contributed by atoms with Crippen LogP contribution in [0.25, 0.3) is 0 Å².